The van der Waals surface area contributed by atoms with Crippen LogP contribution in [0.3, 0.4) is 0 Å². The number of hydrogen-bond donors (Lipinski definition) is 2. The van der Waals surface area contributed by atoms with Gasteiger partial charge in [0, 0.05) is 11.1 Å². The number of nitrogens with one attached hydrogen (secondary N) is 2. The lowest BCUT2D eigenvalue weighted by molar-refractivity contribution is 0.0913. The van der Waals surface area contributed by atoms with Crippen LogP contribution < -0.4 is 10.0 Å². The minimum atomic E-state index is -3.86. The predicted molar refractivity (Wildman–Crippen MR) is 130 cm³/mol. The highest BCUT2D eigenvalue weighted by molar-refractivity contribution is 7.92. The van der Waals surface area contributed by atoms with Crippen molar-refractivity contribution in [1.29, 1.82) is 0 Å². The molecule has 168 valence electrons. The molecule has 0 unspecified atom stereocenters. The molecule has 0 saturated heterocycles. The topological polar surface area (TPSA) is 75.3 Å². The number of benzene rings is 3. The molecule has 0 aliphatic carbocycles. The second-order valence-electron chi connectivity index (χ2n) is 8.90. The fourth-order valence-electron chi connectivity index (χ4n) is 3.69. The Bertz CT molecular complexity index is 1230. The predicted octanol–water partition coefficient (Wildman–Crippen LogP) is 5.16. The van der Waals surface area contributed by atoms with Crippen molar-refractivity contribution in [1.82, 2.24) is 5.32 Å². The summed E-state index contributed by atoms with van der Waals surface area (Å²) >= 11 is 0. The molecular formula is C26H30N2O3S. The molecule has 0 saturated carbocycles. The van der Waals surface area contributed by atoms with Crippen molar-refractivity contribution < 1.29 is 13.2 Å². The lowest BCUT2D eigenvalue weighted by Crippen LogP contribution is -2.45. The fourth-order valence-corrected chi connectivity index (χ4v) is 5.09. The van der Waals surface area contributed by atoms with Crippen molar-refractivity contribution in [2.75, 3.05) is 4.72 Å². The molecule has 0 bridgehead atoms. The van der Waals surface area contributed by atoms with E-state index in [1.165, 1.54) is 6.07 Å². The molecule has 0 atom stereocenters. The fraction of sp³-hybridized carbons (Fsp3) is 0.269. The van der Waals surface area contributed by atoms with Gasteiger partial charge in [0.05, 0.1) is 10.6 Å². The Morgan fingerprint density at radius 1 is 0.875 bits per heavy atom. The van der Waals surface area contributed by atoms with Gasteiger partial charge in [-0.25, -0.2) is 8.42 Å². The van der Waals surface area contributed by atoms with Gasteiger partial charge in [-0.1, -0.05) is 54.1 Å². The van der Waals surface area contributed by atoms with Gasteiger partial charge in [0.2, 0.25) is 0 Å². The third-order valence-corrected chi connectivity index (χ3v) is 6.81. The van der Waals surface area contributed by atoms with E-state index in [1.54, 1.807) is 25.1 Å². The second kappa shape index (κ2) is 9.17. The maximum Gasteiger partial charge on any atom is 0.262 e. The number of amides is 1. The van der Waals surface area contributed by atoms with Gasteiger partial charge in [0.1, 0.15) is 0 Å². The summed E-state index contributed by atoms with van der Waals surface area (Å²) in [5.41, 5.74) is 3.90. The third-order valence-electron chi connectivity index (χ3n) is 5.31. The molecule has 2 N–H and O–H groups in total. The summed E-state index contributed by atoms with van der Waals surface area (Å²) in [6, 6.07) is 20.2. The first-order valence-electron chi connectivity index (χ1n) is 10.5. The van der Waals surface area contributed by atoms with E-state index in [0.29, 0.717) is 23.2 Å². The van der Waals surface area contributed by atoms with Crippen molar-refractivity contribution in [2.45, 2.75) is 51.5 Å². The summed E-state index contributed by atoms with van der Waals surface area (Å²) in [6.45, 7) is 9.43. The minimum Gasteiger partial charge on any atom is -0.347 e. The molecule has 0 aliphatic rings. The molecule has 32 heavy (non-hydrogen) atoms. The molecule has 0 heterocycles. The lowest BCUT2D eigenvalue weighted by atomic mass is 9.94. The van der Waals surface area contributed by atoms with Crippen molar-refractivity contribution in [2.24, 2.45) is 0 Å². The lowest BCUT2D eigenvalue weighted by Gasteiger charge is -2.26. The average Bonchev–Trinajstić information content (AvgIpc) is 2.70. The van der Waals surface area contributed by atoms with Gasteiger partial charge in [0.25, 0.3) is 15.9 Å². The highest BCUT2D eigenvalue weighted by Crippen LogP contribution is 2.24. The molecule has 0 spiro atoms. The first kappa shape index (κ1) is 23.5. The van der Waals surface area contributed by atoms with E-state index >= 15 is 0 Å². The largest absolute Gasteiger partial charge is 0.347 e. The Balaban J connectivity index is 1.83. The Kier molecular flexibility index (Phi) is 6.74. The molecule has 3 rings (SSSR count). The summed E-state index contributed by atoms with van der Waals surface area (Å²) in [7, 11) is -3.86. The van der Waals surface area contributed by atoms with Crippen LogP contribution in [-0.4, -0.2) is 19.9 Å². The molecular weight excluding hydrogens is 420 g/mol. The van der Waals surface area contributed by atoms with E-state index in [4.69, 9.17) is 0 Å². The van der Waals surface area contributed by atoms with E-state index < -0.39 is 15.6 Å². The monoisotopic (exact) mass is 450 g/mol. The number of rotatable bonds is 7. The summed E-state index contributed by atoms with van der Waals surface area (Å²) in [5.74, 6) is -0.311. The van der Waals surface area contributed by atoms with Crippen LogP contribution in [0.25, 0.3) is 0 Å². The molecule has 6 heteroatoms. The zero-order valence-electron chi connectivity index (χ0n) is 19.2. The van der Waals surface area contributed by atoms with Gasteiger partial charge < -0.3 is 5.32 Å². The zero-order chi connectivity index (χ0) is 23.5. The maximum absolute atomic E-state index is 13.1. The van der Waals surface area contributed by atoms with Crippen molar-refractivity contribution in [3.63, 3.8) is 0 Å². The zero-order valence-corrected chi connectivity index (χ0v) is 20.0. The highest BCUT2D eigenvalue weighted by Gasteiger charge is 2.24. The van der Waals surface area contributed by atoms with E-state index in [9.17, 15) is 13.2 Å². The highest BCUT2D eigenvalue weighted by atomic mass is 32.2. The molecule has 3 aromatic carbocycles. The first-order valence-corrected chi connectivity index (χ1v) is 12.0. The molecule has 0 radical (unpaired) electrons. The van der Waals surface area contributed by atoms with Crippen molar-refractivity contribution >= 4 is 21.6 Å². The van der Waals surface area contributed by atoms with E-state index in [-0.39, 0.29) is 10.8 Å². The molecule has 0 aliphatic heterocycles. The van der Waals surface area contributed by atoms with Crippen LogP contribution in [0.5, 0.6) is 0 Å². The number of carbonyl (C=O) groups is 1. The molecule has 1 amide bonds. The Hall–Kier alpha value is -3.12. The number of anilines is 1. The first-order chi connectivity index (χ1) is 15.0. The van der Waals surface area contributed by atoms with Gasteiger partial charge in [0.15, 0.2) is 0 Å². The minimum absolute atomic E-state index is 0.0889. The van der Waals surface area contributed by atoms with E-state index in [0.717, 1.165) is 16.7 Å². The standard InChI is InChI=1S/C26H30N2O3S/c1-18-11-14-23(20(3)15-18)28-32(30,31)24-16-22(13-12-19(24)2)25(29)27-26(4,5)17-21-9-7-6-8-10-21/h6-16,28H,17H2,1-5H3,(H,27,29). The van der Waals surface area contributed by atoms with Gasteiger partial charge in [-0.3, -0.25) is 9.52 Å². The van der Waals surface area contributed by atoms with Gasteiger partial charge in [-0.05, 0) is 75.9 Å². The second-order valence-corrected chi connectivity index (χ2v) is 10.6. The number of sulfonamides is 1. The SMILES string of the molecule is Cc1ccc(NS(=O)(=O)c2cc(C(=O)NC(C)(C)Cc3ccccc3)ccc2C)c(C)c1. The molecule has 0 aromatic heterocycles. The average molecular weight is 451 g/mol. The summed E-state index contributed by atoms with van der Waals surface area (Å²) in [4.78, 5) is 13.1. The summed E-state index contributed by atoms with van der Waals surface area (Å²) < 4.78 is 28.9. The Morgan fingerprint density at radius 2 is 1.56 bits per heavy atom. The van der Waals surface area contributed by atoms with Crippen LogP contribution in [0.15, 0.2) is 71.6 Å². The van der Waals surface area contributed by atoms with E-state index in [1.807, 2.05) is 70.2 Å². The number of carbonyl (C=O) groups excluding carboxylic acids is 1. The van der Waals surface area contributed by atoms with Crippen LogP contribution in [0.4, 0.5) is 5.69 Å². The van der Waals surface area contributed by atoms with Crippen molar-refractivity contribution in [3.8, 4) is 0 Å². The van der Waals surface area contributed by atoms with Gasteiger partial charge in [-0.15, -0.1) is 0 Å². The van der Waals surface area contributed by atoms with Crippen LogP contribution in [-0.2, 0) is 16.4 Å². The molecule has 0 fully saturated rings. The normalized spacial score (nSPS) is 11.8. The number of hydrogen-bond acceptors (Lipinski definition) is 3. The van der Waals surface area contributed by atoms with Gasteiger partial charge >= 0.3 is 0 Å². The molecule has 3 aromatic rings. The van der Waals surface area contributed by atoms with Crippen LogP contribution in [0, 0.1) is 20.8 Å². The number of aryl methyl sites for hydroxylation is 3. The van der Waals surface area contributed by atoms with Crippen LogP contribution in [0.2, 0.25) is 0 Å². The van der Waals surface area contributed by atoms with Crippen molar-refractivity contribution in [3.05, 3.63) is 94.5 Å². The molecule has 5 nitrogen and oxygen atoms in total. The maximum atomic E-state index is 13.1. The van der Waals surface area contributed by atoms with Gasteiger partial charge in [-0.2, -0.15) is 0 Å². The van der Waals surface area contributed by atoms with Crippen LogP contribution in [0.1, 0.15) is 46.5 Å². The Labute approximate surface area is 190 Å². The third kappa shape index (κ3) is 5.77. The summed E-state index contributed by atoms with van der Waals surface area (Å²) in [6.07, 6.45) is 0.658. The Morgan fingerprint density at radius 3 is 2.22 bits per heavy atom. The van der Waals surface area contributed by atoms with Crippen LogP contribution >= 0.6 is 0 Å². The van der Waals surface area contributed by atoms with E-state index in [2.05, 4.69) is 10.0 Å². The smallest absolute Gasteiger partial charge is 0.262 e. The quantitative estimate of drug-likeness (QED) is 0.522. The summed E-state index contributed by atoms with van der Waals surface area (Å²) in [5, 5.41) is 3.03.